The Bertz CT molecular complexity index is 906. The first-order valence-electron chi connectivity index (χ1n) is 9.88. The molecular weight excluding hydrogens is 472 g/mol. The van der Waals surface area contributed by atoms with E-state index < -0.39 is 17.9 Å². The molecule has 0 bridgehead atoms. The van der Waals surface area contributed by atoms with Gasteiger partial charge in [0.25, 0.3) is 5.91 Å². The summed E-state index contributed by atoms with van der Waals surface area (Å²) in [5.74, 6) is -0.0185. The molecule has 0 spiro atoms. The van der Waals surface area contributed by atoms with Gasteiger partial charge < -0.3 is 19.9 Å². The second-order valence-electron chi connectivity index (χ2n) is 6.67. The number of hydrogen-bond donors (Lipinski definition) is 2. The Hall–Kier alpha value is -2.24. The predicted molar refractivity (Wildman–Crippen MR) is 131 cm³/mol. The van der Waals surface area contributed by atoms with Gasteiger partial charge in [0.05, 0.1) is 18.6 Å². The lowest BCUT2D eigenvalue weighted by Crippen LogP contribution is -2.42. The number of rotatable bonds is 12. The molecule has 0 aromatic heterocycles. The van der Waals surface area contributed by atoms with Crippen LogP contribution >= 0.6 is 35.7 Å². The number of amides is 2. The van der Waals surface area contributed by atoms with Crippen LogP contribution in [0.4, 0.5) is 0 Å². The molecule has 11 heteroatoms. The van der Waals surface area contributed by atoms with Crippen molar-refractivity contribution in [1.29, 1.82) is 0 Å². The normalized spacial score (nSPS) is 15.7. The number of hydrogen-bond acceptors (Lipinski definition) is 8. The third kappa shape index (κ3) is 7.14. The number of carbonyl (C=O) groups is 3. The molecule has 1 fully saturated rings. The molecule has 0 unspecified atom stereocenters. The number of carboxylic acid groups (broad SMARTS) is 1. The van der Waals surface area contributed by atoms with Crippen molar-refractivity contribution >= 4 is 63.9 Å². The van der Waals surface area contributed by atoms with Crippen molar-refractivity contribution < 1.29 is 29.0 Å². The first-order valence-corrected chi connectivity index (χ1v) is 12.5. The van der Waals surface area contributed by atoms with Gasteiger partial charge in [-0.2, -0.15) is 11.8 Å². The average molecular weight is 499 g/mol. The molecule has 8 nitrogen and oxygen atoms in total. The average Bonchev–Trinajstić information content (AvgIpc) is 3.02. The minimum atomic E-state index is -1.08. The van der Waals surface area contributed by atoms with Crippen LogP contribution < -0.4 is 14.8 Å². The van der Waals surface area contributed by atoms with Crippen LogP contribution in [0, 0.1) is 0 Å². The molecule has 1 aromatic carbocycles. The standard InChI is InChI=1S/C21H26N2O6S3/c1-4-29-15-6-5-13(11-16(15)28-2)12-17-19(25)23(21(30)32-17)9-7-18(24)22-14(20(26)27)8-10-31-3/h5-6,11-12,14H,4,7-10H2,1-3H3,(H,22,24)(H,26,27)/b17-12+/t14-/m0/s1. The van der Waals surface area contributed by atoms with Crippen LogP contribution in [0.15, 0.2) is 23.1 Å². The van der Waals surface area contributed by atoms with Gasteiger partial charge in [-0.15, -0.1) is 0 Å². The molecule has 2 amide bonds. The maximum Gasteiger partial charge on any atom is 0.326 e. The quantitative estimate of drug-likeness (QED) is 0.332. The Morgan fingerprint density at radius 1 is 1.38 bits per heavy atom. The predicted octanol–water partition coefficient (Wildman–Crippen LogP) is 3.01. The molecule has 1 aromatic rings. The second-order valence-corrected chi connectivity index (χ2v) is 9.33. The lowest BCUT2D eigenvalue weighted by molar-refractivity contribution is -0.142. The summed E-state index contributed by atoms with van der Waals surface area (Å²) in [5, 5.41) is 11.7. The van der Waals surface area contributed by atoms with E-state index in [0.29, 0.717) is 39.5 Å². The first-order chi connectivity index (χ1) is 15.3. The van der Waals surface area contributed by atoms with E-state index in [9.17, 15) is 19.5 Å². The molecular formula is C21H26N2O6S3. The third-order valence-electron chi connectivity index (χ3n) is 4.47. The monoisotopic (exact) mass is 498 g/mol. The number of thiocarbonyl (C=S) groups is 1. The van der Waals surface area contributed by atoms with Crippen molar-refractivity contribution in [1.82, 2.24) is 10.2 Å². The number of carbonyl (C=O) groups excluding carboxylic acids is 2. The third-order valence-corrected chi connectivity index (χ3v) is 6.49. The molecule has 32 heavy (non-hydrogen) atoms. The Labute approximate surface area is 201 Å². The van der Waals surface area contributed by atoms with Gasteiger partial charge in [0.15, 0.2) is 11.5 Å². The summed E-state index contributed by atoms with van der Waals surface area (Å²) in [7, 11) is 1.54. The summed E-state index contributed by atoms with van der Waals surface area (Å²) in [6.45, 7) is 2.47. The Balaban J connectivity index is 2.02. The number of methoxy groups -OCH3 is 1. The van der Waals surface area contributed by atoms with Gasteiger partial charge in [0, 0.05) is 13.0 Å². The largest absolute Gasteiger partial charge is 0.493 e. The zero-order chi connectivity index (χ0) is 23.7. The van der Waals surface area contributed by atoms with Crippen molar-refractivity contribution in [3.05, 3.63) is 28.7 Å². The Morgan fingerprint density at radius 2 is 2.12 bits per heavy atom. The van der Waals surface area contributed by atoms with Crippen molar-refractivity contribution in [2.24, 2.45) is 0 Å². The summed E-state index contributed by atoms with van der Waals surface area (Å²) < 4.78 is 11.2. The van der Waals surface area contributed by atoms with Gasteiger partial charge in [-0.3, -0.25) is 14.5 Å². The van der Waals surface area contributed by atoms with E-state index in [-0.39, 0.29) is 18.9 Å². The van der Waals surface area contributed by atoms with Crippen molar-refractivity contribution in [3.63, 3.8) is 0 Å². The molecule has 2 N–H and O–H groups in total. The van der Waals surface area contributed by atoms with Crippen LogP contribution in [0.5, 0.6) is 11.5 Å². The molecule has 174 valence electrons. The van der Waals surface area contributed by atoms with Crippen LogP contribution in [-0.2, 0) is 14.4 Å². The van der Waals surface area contributed by atoms with E-state index in [2.05, 4.69) is 5.32 Å². The van der Waals surface area contributed by atoms with E-state index in [0.717, 1.165) is 17.3 Å². The number of ether oxygens (including phenoxy) is 2. The molecule has 1 saturated heterocycles. The fraction of sp³-hybridized carbons (Fsp3) is 0.429. The SMILES string of the molecule is CCOc1ccc(/C=C2/SC(=S)N(CCC(=O)N[C@@H](CCSC)C(=O)O)C2=O)cc1OC. The van der Waals surface area contributed by atoms with Crippen LogP contribution in [0.2, 0.25) is 0 Å². The van der Waals surface area contributed by atoms with Gasteiger partial charge in [0.2, 0.25) is 5.91 Å². The molecule has 1 aliphatic heterocycles. The van der Waals surface area contributed by atoms with Gasteiger partial charge in [-0.05, 0) is 49.1 Å². The van der Waals surface area contributed by atoms with E-state index in [1.165, 1.54) is 16.7 Å². The van der Waals surface area contributed by atoms with Gasteiger partial charge >= 0.3 is 5.97 Å². The maximum atomic E-state index is 12.8. The van der Waals surface area contributed by atoms with E-state index in [1.807, 2.05) is 19.2 Å². The number of thioether (sulfide) groups is 2. The van der Waals surface area contributed by atoms with E-state index in [4.69, 9.17) is 21.7 Å². The van der Waals surface area contributed by atoms with Gasteiger partial charge in [-0.1, -0.05) is 30.0 Å². The van der Waals surface area contributed by atoms with Crippen LogP contribution in [0.1, 0.15) is 25.3 Å². The summed E-state index contributed by atoms with van der Waals surface area (Å²) >= 11 is 7.97. The van der Waals surface area contributed by atoms with Gasteiger partial charge in [0.1, 0.15) is 10.4 Å². The second kappa shape index (κ2) is 12.7. The molecule has 1 heterocycles. The van der Waals surface area contributed by atoms with Gasteiger partial charge in [-0.25, -0.2) is 4.79 Å². The fourth-order valence-corrected chi connectivity index (χ4v) is 4.65. The Morgan fingerprint density at radius 3 is 2.75 bits per heavy atom. The summed E-state index contributed by atoms with van der Waals surface area (Å²) in [6.07, 6.45) is 3.87. The van der Waals surface area contributed by atoms with Crippen LogP contribution in [0.3, 0.4) is 0 Å². The van der Waals surface area contributed by atoms with Crippen LogP contribution in [0.25, 0.3) is 6.08 Å². The lowest BCUT2D eigenvalue weighted by atomic mass is 10.2. The number of nitrogens with one attached hydrogen (secondary N) is 1. The molecule has 0 saturated carbocycles. The van der Waals surface area contributed by atoms with Crippen molar-refractivity contribution in [2.75, 3.05) is 32.3 Å². The molecule has 1 atom stereocenters. The summed E-state index contributed by atoms with van der Waals surface area (Å²) in [6, 6.07) is 4.41. The summed E-state index contributed by atoms with van der Waals surface area (Å²) in [5.41, 5.74) is 0.752. The molecule has 0 radical (unpaired) electrons. The Kier molecular flexibility index (Phi) is 10.3. The topological polar surface area (TPSA) is 105 Å². The first kappa shape index (κ1) is 26.0. The summed E-state index contributed by atoms with van der Waals surface area (Å²) in [4.78, 5) is 38.1. The highest BCUT2D eigenvalue weighted by Gasteiger charge is 2.32. The lowest BCUT2D eigenvalue weighted by Gasteiger charge is -2.17. The highest BCUT2D eigenvalue weighted by atomic mass is 32.2. The number of carboxylic acids is 1. The smallest absolute Gasteiger partial charge is 0.326 e. The van der Waals surface area contributed by atoms with Crippen molar-refractivity contribution in [3.8, 4) is 11.5 Å². The highest BCUT2D eigenvalue weighted by molar-refractivity contribution is 8.26. The minimum Gasteiger partial charge on any atom is -0.493 e. The minimum absolute atomic E-state index is 0.0420. The number of aliphatic carboxylic acids is 1. The highest BCUT2D eigenvalue weighted by Crippen LogP contribution is 2.34. The maximum absolute atomic E-state index is 12.8. The van der Waals surface area contributed by atoms with Crippen LogP contribution in [-0.4, -0.2) is 70.4 Å². The zero-order valence-electron chi connectivity index (χ0n) is 18.1. The number of benzene rings is 1. The zero-order valence-corrected chi connectivity index (χ0v) is 20.5. The number of nitrogens with zero attached hydrogens (tertiary/aromatic N) is 1. The molecule has 1 aliphatic rings. The van der Waals surface area contributed by atoms with E-state index >= 15 is 0 Å². The van der Waals surface area contributed by atoms with Crippen molar-refractivity contribution in [2.45, 2.75) is 25.8 Å². The molecule has 2 rings (SSSR count). The van der Waals surface area contributed by atoms with E-state index in [1.54, 1.807) is 25.3 Å². The molecule has 0 aliphatic carbocycles. The fourth-order valence-electron chi connectivity index (χ4n) is 2.87.